The molecule has 0 fully saturated rings. The fraction of sp³-hybridized carbons (Fsp3) is 0.143. The average Bonchev–Trinajstić information content (AvgIpc) is 2.15. The van der Waals surface area contributed by atoms with E-state index in [0.29, 0.717) is 12.3 Å². The van der Waals surface area contributed by atoms with Crippen molar-refractivity contribution in [3.05, 3.63) is 33.6 Å². The van der Waals surface area contributed by atoms with Crippen molar-refractivity contribution in [1.29, 1.82) is 0 Å². The maximum Gasteiger partial charge on any atom is 0.434 e. The molecule has 1 aromatic heterocycles. The van der Waals surface area contributed by atoms with E-state index in [1.807, 2.05) is 0 Å². The number of aromatic nitrogens is 1. The van der Waals surface area contributed by atoms with Crippen LogP contribution in [0.1, 0.15) is 16.1 Å². The Morgan fingerprint density at radius 2 is 2.07 bits per heavy atom. The van der Waals surface area contributed by atoms with Crippen molar-refractivity contribution < 1.29 is 22.9 Å². The normalized spacial score (nSPS) is 11.1. The van der Waals surface area contributed by atoms with E-state index in [9.17, 15) is 28.1 Å². The minimum absolute atomic E-state index is 0.122. The number of pyridine rings is 1. The van der Waals surface area contributed by atoms with Crippen molar-refractivity contribution in [3.63, 3.8) is 0 Å². The summed E-state index contributed by atoms with van der Waals surface area (Å²) in [5.41, 5.74) is -2.94. The second kappa shape index (κ2) is 3.64. The first kappa shape index (κ1) is 11.1. The van der Waals surface area contributed by atoms with Gasteiger partial charge in [-0.05, 0) is 0 Å². The third kappa shape index (κ3) is 2.27. The SMILES string of the molecule is O=Cc1cc([N+](=O)[O-])cnc1C(F)(F)F. The van der Waals surface area contributed by atoms with Gasteiger partial charge in [0.25, 0.3) is 5.69 Å². The van der Waals surface area contributed by atoms with Crippen LogP contribution >= 0.6 is 0 Å². The van der Waals surface area contributed by atoms with Crippen LogP contribution in [0.5, 0.6) is 0 Å². The number of halogens is 3. The number of nitrogens with zero attached hydrogens (tertiary/aromatic N) is 2. The predicted molar refractivity (Wildman–Crippen MR) is 41.3 cm³/mol. The maximum absolute atomic E-state index is 12.2. The Hall–Kier alpha value is -1.99. The Morgan fingerprint density at radius 1 is 1.47 bits per heavy atom. The zero-order valence-electron chi connectivity index (χ0n) is 6.99. The molecule has 15 heavy (non-hydrogen) atoms. The summed E-state index contributed by atoms with van der Waals surface area (Å²) in [6.07, 6.45) is -4.47. The molecule has 0 aliphatic rings. The third-order valence-corrected chi connectivity index (χ3v) is 1.51. The summed E-state index contributed by atoms with van der Waals surface area (Å²) in [7, 11) is 0. The fourth-order valence-electron chi connectivity index (χ4n) is 0.897. The van der Waals surface area contributed by atoms with E-state index in [0.717, 1.165) is 0 Å². The Balaban J connectivity index is 3.33. The van der Waals surface area contributed by atoms with Crippen molar-refractivity contribution in [2.75, 3.05) is 0 Å². The van der Waals surface area contributed by atoms with Crippen LogP contribution in [-0.4, -0.2) is 16.2 Å². The number of carbonyl (C=O) groups is 1. The van der Waals surface area contributed by atoms with E-state index in [-0.39, 0.29) is 6.29 Å². The van der Waals surface area contributed by atoms with Crippen LogP contribution in [0.4, 0.5) is 18.9 Å². The van der Waals surface area contributed by atoms with E-state index in [4.69, 9.17) is 0 Å². The van der Waals surface area contributed by atoms with Gasteiger partial charge in [-0.3, -0.25) is 14.9 Å². The van der Waals surface area contributed by atoms with Crippen molar-refractivity contribution in [2.45, 2.75) is 6.18 Å². The summed E-state index contributed by atoms with van der Waals surface area (Å²) in [5, 5.41) is 10.2. The van der Waals surface area contributed by atoms with Crippen LogP contribution < -0.4 is 0 Å². The molecule has 1 heterocycles. The quantitative estimate of drug-likeness (QED) is 0.433. The number of alkyl halides is 3. The summed E-state index contributed by atoms with van der Waals surface area (Å²) in [4.78, 5) is 22.4. The molecule has 0 saturated carbocycles. The number of nitro groups is 1. The van der Waals surface area contributed by atoms with Gasteiger partial charge in [-0.25, -0.2) is 4.98 Å². The van der Waals surface area contributed by atoms with Gasteiger partial charge in [-0.2, -0.15) is 13.2 Å². The van der Waals surface area contributed by atoms with Crippen LogP contribution in [0.3, 0.4) is 0 Å². The third-order valence-electron chi connectivity index (χ3n) is 1.51. The molecule has 0 unspecified atom stereocenters. The highest BCUT2D eigenvalue weighted by Gasteiger charge is 2.36. The van der Waals surface area contributed by atoms with Gasteiger partial charge >= 0.3 is 6.18 Å². The summed E-state index contributed by atoms with van der Waals surface area (Å²) in [5.74, 6) is 0. The van der Waals surface area contributed by atoms with Crippen molar-refractivity contribution >= 4 is 12.0 Å². The highest BCUT2D eigenvalue weighted by Crippen LogP contribution is 2.30. The second-order valence-corrected chi connectivity index (χ2v) is 2.50. The van der Waals surface area contributed by atoms with Gasteiger partial charge in [0, 0.05) is 6.07 Å². The Morgan fingerprint density at radius 3 is 2.47 bits per heavy atom. The lowest BCUT2D eigenvalue weighted by atomic mass is 10.2. The van der Waals surface area contributed by atoms with Crippen LogP contribution in [0, 0.1) is 10.1 Å². The molecular weight excluding hydrogens is 217 g/mol. The molecule has 0 saturated heterocycles. The summed E-state index contributed by atoms with van der Waals surface area (Å²) < 4.78 is 36.5. The van der Waals surface area contributed by atoms with Gasteiger partial charge < -0.3 is 0 Å². The lowest BCUT2D eigenvalue weighted by Crippen LogP contribution is -2.12. The Bertz CT molecular complexity index is 416. The molecule has 8 heteroatoms. The van der Waals surface area contributed by atoms with Crippen LogP contribution in [0.15, 0.2) is 12.3 Å². The summed E-state index contributed by atoms with van der Waals surface area (Å²) in [6.45, 7) is 0. The first-order valence-corrected chi connectivity index (χ1v) is 3.53. The topological polar surface area (TPSA) is 73.1 Å². The van der Waals surface area contributed by atoms with E-state index in [1.54, 1.807) is 0 Å². The fourth-order valence-corrected chi connectivity index (χ4v) is 0.897. The molecule has 0 radical (unpaired) electrons. The molecule has 1 rings (SSSR count). The van der Waals surface area contributed by atoms with Gasteiger partial charge in [0.2, 0.25) is 0 Å². The Kier molecular flexibility index (Phi) is 2.69. The standard InChI is InChI=1S/C7H3F3N2O3/c8-7(9,10)6-4(3-13)1-5(2-11-6)12(14)15/h1-3H. The molecule has 0 bridgehead atoms. The molecule has 5 nitrogen and oxygen atoms in total. The van der Waals surface area contributed by atoms with E-state index >= 15 is 0 Å². The molecule has 0 aromatic carbocycles. The summed E-state index contributed by atoms with van der Waals surface area (Å²) >= 11 is 0. The second-order valence-electron chi connectivity index (χ2n) is 2.50. The molecular formula is C7H3F3N2O3. The number of hydrogen-bond acceptors (Lipinski definition) is 4. The van der Waals surface area contributed by atoms with Crippen LogP contribution in [0.2, 0.25) is 0 Å². The number of rotatable bonds is 2. The van der Waals surface area contributed by atoms with Crippen molar-refractivity contribution in [1.82, 2.24) is 4.98 Å². The molecule has 0 N–H and O–H groups in total. The monoisotopic (exact) mass is 220 g/mol. The van der Waals surface area contributed by atoms with Gasteiger partial charge in [0.05, 0.1) is 10.5 Å². The Labute approximate surface area is 80.7 Å². The molecule has 1 aromatic rings. The van der Waals surface area contributed by atoms with Gasteiger partial charge in [-0.15, -0.1) is 0 Å². The lowest BCUT2D eigenvalue weighted by molar-refractivity contribution is -0.385. The van der Waals surface area contributed by atoms with E-state index in [2.05, 4.69) is 4.98 Å². The number of carbonyl (C=O) groups excluding carboxylic acids is 1. The lowest BCUT2D eigenvalue weighted by Gasteiger charge is -2.06. The van der Waals surface area contributed by atoms with E-state index in [1.165, 1.54) is 0 Å². The molecule has 0 amide bonds. The molecule has 0 aliphatic heterocycles. The van der Waals surface area contributed by atoms with Gasteiger partial charge in [-0.1, -0.05) is 0 Å². The minimum atomic E-state index is -4.80. The number of aldehydes is 1. The van der Waals surface area contributed by atoms with Crippen molar-refractivity contribution in [2.24, 2.45) is 0 Å². The van der Waals surface area contributed by atoms with Gasteiger partial charge in [0.1, 0.15) is 6.20 Å². The van der Waals surface area contributed by atoms with Gasteiger partial charge in [0.15, 0.2) is 12.0 Å². The van der Waals surface area contributed by atoms with Crippen LogP contribution in [0.25, 0.3) is 0 Å². The zero-order valence-corrected chi connectivity index (χ0v) is 6.99. The minimum Gasteiger partial charge on any atom is -0.298 e. The molecule has 80 valence electrons. The molecule has 0 atom stereocenters. The first-order chi connectivity index (χ1) is 6.86. The smallest absolute Gasteiger partial charge is 0.298 e. The molecule has 0 spiro atoms. The molecule has 0 aliphatic carbocycles. The maximum atomic E-state index is 12.2. The highest BCUT2D eigenvalue weighted by atomic mass is 19.4. The number of hydrogen-bond donors (Lipinski definition) is 0. The van der Waals surface area contributed by atoms with Crippen molar-refractivity contribution in [3.8, 4) is 0 Å². The predicted octanol–water partition coefficient (Wildman–Crippen LogP) is 1.82. The highest BCUT2D eigenvalue weighted by molar-refractivity contribution is 5.77. The zero-order chi connectivity index (χ0) is 11.6. The first-order valence-electron chi connectivity index (χ1n) is 3.53. The largest absolute Gasteiger partial charge is 0.434 e. The van der Waals surface area contributed by atoms with E-state index < -0.39 is 28.0 Å². The van der Waals surface area contributed by atoms with Crippen LogP contribution in [-0.2, 0) is 6.18 Å². The average molecular weight is 220 g/mol. The summed E-state index contributed by atoms with van der Waals surface area (Å²) in [6, 6.07) is 0.531.